The highest BCUT2D eigenvalue weighted by Gasteiger charge is 2.40. The first kappa shape index (κ1) is 16.1. The van der Waals surface area contributed by atoms with Gasteiger partial charge in [-0.15, -0.1) is 0 Å². The zero-order chi connectivity index (χ0) is 16.4. The van der Waals surface area contributed by atoms with E-state index in [9.17, 15) is 9.90 Å². The zero-order valence-electron chi connectivity index (χ0n) is 13.9. The predicted molar refractivity (Wildman–Crippen MR) is 91.5 cm³/mol. The second-order valence-corrected chi connectivity index (χ2v) is 7.13. The Morgan fingerprint density at radius 2 is 1.83 bits per heavy atom. The minimum Gasteiger partial charge on any atom is -0.508 e. The van der Waals surface area contributed by atoms with Gasteiger partial charge in [0.1, 0.15) is 5.75 Å². The summed E-state index contributed by atoms with van der Waals surface area (Å²) in [4.78, 5) is 17.1. The Labute approximate surface area is 138 Å². The molecule has 3 rings (SSSR count). The summed E-state index contributed by atoms with van der Waals surface area (Å²) in [6, 6.07) is 7.25. The number of carbonyl (C=O) groups excluding carboxylic acids is 1. The highest BCUT2D eigenvalue weighted by atomic mass is 16.3. The van der Waals surface area contributed by atoms with Gasteiger partial charge >= 0.3 is 0 Å². The molecular formula is C18H27N3O2. The zero-order valence-corrected chi connectivity index (χ0v) is 13.9. The second-order valence-electron chi connectivity index (χ2n) is 7.13. The lowest BCUT2D eigenvalue weighted by atomic mass is 9.74. The number of piperazine rings is 1. The Hall–Kier alpha value is -1.75. The van der Waals surface area contributed by atoms with Crippen LogP contribution in [-0.4, -0.2) is 47.6 Å². The topological polar surface area (TPSA) is 69.8 Å². The van der Waals surface area contributed by atoms with Crippen molar-refractivity contribution in [3.05, 3.63) is 24.3 Å². The van der Waals surface area contributed by atoms with Crippen LogP contribution in [0.2, 0.25) is 0 Å². The Bertz CT molecular complexity index is 548. The summed E-state index contributed by atoms with van der Waals surface area (Å²) in [5, 5.41) is 9.38. The molecule has 2 atom stereocenters. The molecule has 1 heterocycles. The van der Waals surface area contributed by atoms with Gasteiger partial charge in [0.05, 0.1) is 5.92 Å². The lowest BCUT2D eigenvalue weighted by Gasteiger charge is -2.42. The molecule has 2 fully saturated rings. The molecule has 23 heavy (non-hydrogen) atoms. The third-order valence-corrected chi connectivity index (χ3v) is 5.36. The minimum absolute atomic E-state index is 0.0310. The number of carbonyl (C=O) groups is 1. The van der Waals surface area contributed by atoms with Gasteiger partial charge in [0.15, 0.2) is 0 Å². The van der Waals surface area contributed by atoms with Crippen molar-refractivity contribution in [3.63, 3.8) is 0 Å². The maximum atomic E-state index is 12.9. The van der Waals surface area contributed by atoms with Gasteiger partial charge in [-0.25, -0.2) is 0 Å². The Balaban J connectivity index is 1.60. The van der Waals surface area contributed by atoms with E-state index in [0.717, 1.165) is 57.5 Å². The average Bonchev–Trinajstić information content (AvgIpc) is 2.55. The fourth-order valence-corrected chi connectivity index (χ4v) is 3.83. The normalized spacial score (nSPS) is 28.7. The van der Waals surface area contributed by atoms with Crippen LogP contribution in [0.4, 0.5) is 5.69 Å². The molecule has 1 aliphatic heterocycles. The van der Waals surface area contributed by atoms with E-state index in [1.54, 1.807) is 12.1 Å². The summed E-state index contributed by atoms with van der Waals surface area (Å²) in [7, 11) is 0. The van der Waals surface area contributed by atoms with Gasteiger partial charge < -0.3 is 20.6 Å². The van der Waals surface area contributed by atoms with Gasteiger partial charge in [0.25, 0.3) is 0 Å². The van der Waals surface area contributed by atoms with Gasteiger partial charge in [0, 0.05) is 37.4 Å². The number of aromatic hydroxyl groups is 1. The fraction of sp³-hybridized carbons (Fsp3) is 0.611. The summed E-state index contributed by atoms with van der Waals surface area (Å²) in [5.74, 6) is 0.485. The molecule has 1 saturated heterocycles. The Kier molecular flexibility index (Phi) is 4.48. The molecule has 0 radical (unpaired) electrons. The SMILES string of the molecule is CC1(N)CCCCC1C(=O)N1CCN(c2ccc(O)cc2)CC1. The van der Waals surface area contributed by atoms with E-state index in [-0.39, 0.29) is 23.1 Å². The average molecular weight is 317 g/mol. The molecule has 1 saturated carbocycles. The van der Waals surface area contributed by atoms with Gasteiger partial charge in [0.2, 0.25) is 5.91 Å². The van der Waals surface area contributed by atoms with Crippen molar-refractivity contribution in [1.29, 1.82) is 0 Å². The summed E-state index contributed by atoms with van der Waals surface area (Å²) in [6.07, 6.45) is 4.10. The van der Waals surface area contributed by atoms with E-state index in [2.05, 4.69) is 4.90 Å². The monoisotopic (exact) mass is 317 g/mol. The smallest absolute Gasteiger partial charge is 0.227 e. The maximum absolute atomic E-state index is 12.9. The highest BCUT2D eigenvalue weighted by molar-refractivity contribution is 5.80. The summed E-state index contributed by atoms with van der Waals surface area (Å²) >= 11 is 0. The number of phenols is 1. The molecule has 3 N–H and O–H groups in total. The Morgan fingerprint density at radius 1 is 1.17 bits per heavy atom. The molecule has 1 aromatic carbocycles. The standard InChI is InChI=1S/C18H27N3O2/c1-18(19)9-3-2-4-16(18)17(23)21-12-10-20(11-13-21)14-5-7-15(22)8-6-14/h5-8,16,22H,2-4,9-13,19H2,1H3. The van der Waals surface area contributed by atoms with Crippen LogP contribution in [0.5, 0.6) is 5.75 Å². The molecule has 0 bridgehead atoms. The molecule has 0 spiro atoms. The Morgan fingerprint density at radius 3 is 2.43 bits per heavy atom. The fourth-order valence-electron chi connectivity index (χ4n) is 3.83. The molecule has 2 unspecified atom stereocenters. The third-order valence-electron chi connectivity index (χ3n) is 5.36. The number of anilines is 1. The van der Waals surface area contributed by atoms with Crippen molar-refractivity contribution >= 4 is 11.6 Å². The van der Waals surface area contributed by atoms with Crippen molar-refractivity contribution in [1.82, 2.24) is 4.90 Å². The van der Waals surface area contributed by atoms with Crippen LogP contribution in [0.15, 0.2) is 24.3 Å². The summed E-state index contributed by atoms with van der Waals surface area (Å²) in [5.41, 5.74) is 7.12. The minimum atomic E-state index is -0.358. The van der Waals surface area contributed by atoms with Crippen molar-refractivity contribution in [2.75, 3.05) is 31.1 Å². The number of phenolic OH excluding ortho intramolecular Hbond substituents is 1. The van der Waals surface area contributed by atoms with Crippen LogP contribution in [0.1, 0.15) is 32.6 Å². The highest BCUT2D eigenvalue weighted by Crippen LogP contribution is 2.33. The van der Waals surface area contributed by atoms with E-state index in [0.29, 0.717) is 0 Å². The number of hydrogen-bond acceptors (Lipinski definition) is 4. The van der Waals surface area contributed by atoms with E-state index < -0.39 is 0 Å². The molecule has 2 aliphatic rings. The van der Waals surface area contributed by atoms with Crippen LogP contribution in [0.25, 0.3) is 0 Å². The van der Waals surface area contributed by atoms with Crippen molar-refractivity contribution < 1.29 is 9.90 Å². The molecule has 126 valence electrons. The third kappa shape index (κ3) is 3.44. The molecule has 5 nitrogen and oxygen atoms in total. The van der Waals surface area contributed by atoms with Crippen LogP contribution in [0.3, 0.4) is 0 Å². The van der Waals surface area contributed by atoms with Crippen LogP contribution in [0, 0.1) is 5.92 Å². The number of hydrogen-bond donors (Lipinski definition) is 2. The first-order valence-electron chi connectivity index (χ1n) is 8.59. The van der Waals surface area contributed by atoms with Crippen molar-refractivity contribution in [3.8, 4) is 5.75 Å². The first-order chi connectivity index (χ1) is 11.0. The number of nitrogens with zero attached hydrogens (tertiary/aromatic N) is 2. The summed E-state index contributed by atoms with van der Waals surface area (Å²) in [6.45, 7) is 5.16. The quantitative estimate of drug-likeness (QED) is 0.875. The lowest BCUT2D eigenvalue weighted by Crippen LogP contribution is -2.57. The molecule has 1 amide bonds. The van der Waals surface area contributed by atoms with Crippen LogP contribution < -0.4 is 10.6 Å². The van der Waals surface area contributed by atoms with E-state index in [4.69, 9.17) is 5.73 Å². The lowest BCUT2D eigenvalue weighted by molar-refractivity contribution is -0.139. The molecule has 1 aliphatic carbocycles. The predicted octanol–water partition coefficient (Wildman–Crippen LogP) is 1.95. The van der Waals surface area contributed by atoms with Crippen molar-refractivity contribution in [2.45, 2.75) is 38.1 Å². The molecule has 5 heteroatoms. The van der Waals surface area contributed by atoms with Gasteiger partial charge in [-0.3, -0.25) is 4.79 Å². The van der Waals surface area contributed by atoms with E-state index in [1.165, 1.54) is 0 Å². The molecular weight excluding hydrogens is 290 g/mol. The number of nitrogens with two attached hydrogens (primary N) is 1. The maximum Gasteiger partial charge on any atom is 0.227 e. The number of amides is 1. The van der Waals surface area contributed by atoms with E-state index >= 15 is 0 Å². The first-order valence-corrected chi connectivity index (χ1v) is 8.59. The van der Waals surface area contributed by atoms with Crippen LogP contribution in [-0.2, 0) is 4.79 Å². The summed E-state index contributed by atoms with van der Waals surface area (Å²) < 4.78 is 0. The van der Waals surface area contributed by atoms with Crippen LogP contribution >= 0.6 is 0 Å². The van der Waals surface area contributed by atoms with Gasteiger partial charge in [-0.2, -0.15) is 0 Å². The molecule has 0 aromatic heterocycles. The van der Waals surface area contributed by atoms with Gasteiger partial charge in [-0.05, 0) is 44.0 Å². The van der Waals surface area contributed by atoms with E-state index in [1.807, 2.05) is 24.0 Å². The number of benzene rings is 1. The number of rotatable bonds is 2. The largest absolute Gasteiger partial charge is 0.508 e. The van der Waals surface area contributed by atoms with Crippen molar-refractivity contribution in [2.24, 2.45) is 11.7 Å². The van der Waals surface area contributed by atoms with Gasteiger partial charge in [-0.1, -0.05) is 12.8 Å². The second kappa shape index (κ2) is 6.40. The molecule has 1 aromatic rings.